The van der Waals surface area contributed by atoms with Gasteiger partial charge < -0.3 is 10.3 Å². The number of anilines is 1. The van der Waals surface area contributed by atoms with E-state index in [-0.39, 0.29) is 0 Å². The van der Waals surface area contributed by atoms with Crippen LogP contribution in [-0.4, -0.2) is 14.8 Å². The fraction of sp³-hybridized carbons (Fsp3) is 0.333. The van der Waals surface area contributed by atoms with Crippen LogP contribution in [0.25, 0.3) is 11.4 Å². The second-order valence-electron chi connectivity index (χ2n) is 4.27. The van der Waals surface area contributed by atoms with Crippen molar-refractivity contribution in [3.63, 3.8) is 0 Å². The topological polar surface area (TPSA) is 56.7 Å². The molecule has 1 heterocycles. The Bertz CT molecular complexity index is 545. The number of hydrogen-bond donors (Lipinski definition) is 1. The Labute approximate surface area is 109 Å². The number of hydrogen-bond acceptors (Lipinski definition) is 3. The van der Waals surface area contributed by atoms with Crippen LogP contribution >= 0.6 is 15.9 Å². The lowest BCUT2D eigenvalue weighted by Crippen LogP contribution is -2.05. The molecule has 0 radical (unpaired) electrons. The molecule has 0 aliphatic rings. The van der Waals surface area contributed by atoms with E-state index in [0.29, 0.717) is 6.04 Å². The van der Waals surface area contributed by atoms with Crippen LogP contribution < -0.4 is 5.73 Å². The van der Waals surface area contributed by atoms with Gasteiger partial charge in [-0.05, 0) is 54.9 Å². The molecule has 0 aliphatic heterocycles. The van der Waals surface area contributed by atoms with E-state index in [1.54, 1.807) is 0 Å². The van der Waals surface area contributed by atoms with E-state index in [1.165, 1.54) is 0 Å². The maximum atomic E-state index is 5.78. The first-order valence-corrected chi connectivity index (χ1v) is 6.27. The van der Waals surface area contributed by atoms with E-state index >= 15 is 0 Å². The van der Waals surface area contributed by atoms with Crippen LogP contribution in [0.2, 0.25) is 0 Å². The van der Waals surface area contributed by atoms with Crippen molar-refractivity contribution in [3.05, 3.63) is 28.5 Å². The molecule has 1 aromatic heterocycles. The van der Waals surface area contributed by atoms with Gasteiger partial charge in [-0.25, -0.2) is 0 Å². The second-order valence-corrected chi connectivity index (χ2v) is 5.13. The van der Waals surface area contributed by atoms with Gasteiger partial charge >= 0.3 is 0 Å². The minimum Gasteiger partial charge on any atom is -0.398 e. The zero-order valence-corrected chi connectivity index (χ0v) is 11.7. The van der Waals surface area contributed by atoms with Crippen molar-refractivity contribution in [2.24, 2.45) is 0 Å². The van der Waals surface area contributed by atoms with Crippen LogP contribution in [0, 0.1) is 6.92 Å². The Morgan fingerprint density at radius 2 is 2.00 bits per heavy atom. The first-order valence-electron chi connectivity index (χ1n) is 5.47. The number of nitrogens with two attached hydrogens (primary N) is 1. The molecule has 0 atom stereocenters. The Balaban J connectivity index is 2.56. The number of halogens is 1. The first-order chi connectivity index (χ1) is 8.00. The van der Waals surface area contributed by atoms with Gasteiger partial charge in [-0.15, -0.1) is 10.2 Å². The molecule has 0 aliphatic carbocycles. The van der Waals surface area contributed by atoms with Crippen LogP contribution in [0.4, 0.5) is 5.69 Å². The highest BCUT2D eigenvalue weighted by molar-refractivity contribution is 9.10. The van der Waals surface area contributed by atoms with E-state index in [4.69, 9.17) is 5.73 Å². The summed E-state index contributed by atoms with van der Waals surface area (Å²) in [7, 11) is 0. The molecule has 90 valence electrons. The second kappa shape index (κ2) is 4.49. The zero-order chi connectivity index (χ0) is 12.6. The van der Waals surface area contributed by atoms with Crippen LogP contribution in [0.5, 0.6) is 0 Å². The normalized spacial score (nSPS) is 11.1. The summed E-state index contributed by atoms with van der Waals surface area (Å²) in [5.41, 5.74) is 7.52. The summed E-state index contributed by atoms with van der Waals surface area (Å²) in [4.78, 5) is 0. The van der Waals surface area contributed by atoms with Gasteiger partial charge in [0.05, 0.1) is 0 Å². The summed E-state index contributed by atoms with van der Waals surface area (Å²) in [6.07, 6.45) is 0. The minimum absolute atomic E-state index is 0.330. The third kappa shape index (κ3) is 2.20. The fourth-order valence-electron chi connectivity index (χ4n) is 1.85. The van der Waals surface area contributed by atoms with Crippen molar-refractivity contribution < 1.29 is 0 Å². The summed E-state index contributed by atoms with van der Waals surface area (Å²) in [6.45, 7) is 6.20. The van der Waals surface area contributed by atoms with Crippen LogP contribution in [-0.2, 0) is 0 Å². The lowest BCUT2D eigenvalue weighted by atomic mass is 10.2. The minimum atomic E-state index is 0.330. The average molecular weight is 295 g/mol. The molecule has 0 unspecified atom stereocenters. The Kier molecular flexibility index (Phi) is 3.19. The van der Waals surface area contributed by atoms with E-state index in [9.17, 15) is 0 Å². The van der Waals surface area contributed by atoms with Gasteiger partial charge in [-0.1, -0.05) is 0 Å². The molecule has 17 heavy (non-hydrogen) atoms. The van der Waals surface area contributed by atoms with Crippen LogP contribution in [0.1, 0.15) is 25.7 Å². The largest absolute Gasteiger partial charge is 0.398 e. The Morgan fingerprint density at radius 1 is 1.29 bits per heavy atom. The summed E-state index contributed by atoms with van der Waals surface area (Å²) in [6, 6.07) is 6.13. The first kappa shape index (κ1) is 12.1. The summed E-state index contributed by atoms with van der Waals surface area (Å²) in [5, 5.41) is 8.36. The number of benzene rings is 1. The number of nitrogen functional groups attached to an aromatic ring is 1. The molecule has 0 saturated carbocycles. The van der Waals surface area contributed by atoms with Crippen molar-refractivity contribution in [2.75, 3.05) is 5.73 Å². The predicted molar refractivity (Wildman–Crippen MR) is 72.7 cm³/mol. The van der Waals surface area contributed by atoms with Gasteiger partial charge in [-0.2, -0.15) is 0 Å². The van der Waals surface area contributed by atoms with E-state index < -0.39 is 0 Å². The highest BCUT2D eigenvalue weighted by Crippen LogP contribution is 2.28. The SMILES string of the molecule is Cc1nnc(-c2ccc(N)c(Br)c2)n1C(C)C. The molecule has 2 rings (SSSR count). The number of aryl methyl sites for hydroxylation is 1. The van der Waals surface area contributed by atoms with Crippen molar-refractivity contribution in [1.29, 1.82) is 0 Å². The molecule has 0 amide bonds. The molecule has 0 saturated heterocycles. The molecular formula is C12H15BrN4. The van der Waals surface area contributed by atoms with Gasteiger partial charge in [0.15, 0.2) is 5.82 Å². The molecule has 5 heteroatoms. The fourth-order valence-corrected chi connectivity index (χ4v) is 2.23. The van der Waals surface area contributed by atoms with Crippen molar-refractivity contribution in [3.8, 4) is 11.4 Å². The number of nitrogens with zero attached hydrogens (tertiary/aromatic N) is 3. The molecule has 0 fully saturated rings. The van der Waals surface area contributed by atoms with Crippen molar-refractivity contribution >= 4 is 21.6 Å². The standard InChI is InChI=1S/C12H15BrN4/c1-7(2)17-8(3)15-16-12(17)9-4-5-11(14)10(13)6-9/h4-7H,14H2,1-3H3. The highest BCUT2D eigenvalue weighted by atomic mass is 79.9. The molecule has 2 N–H and O–H groups in total. The third-order valence-corrected chi connectivity index (χ3v) is 3.33. The van der Waals surface area contributed by atoms with E-state index in [1.807, 2.05) is 25.1 Å². The van der Waals surface area contributed by atoms with Crippen LogP contribution in [0.3, 0.4) is 0 Å². The maximum Gasteiger partial charge on any atom is 0.164 e. The van der Waals surface area contributed by atoms with Gasteiger partial charge in [0.2, 0.25) is 0 Å². The Morgan fingerprint density at radius 3 is 2.59 bits per heavy atom. The Hall–Kier alpha value is -1.36. The third-order valence-electron chi connectivity index (χ3n) is 2.64. The van der Waals surface area contributed by atoms with E-state index in [2.05, 4.69) is 44.5 Å². The maximum absolute atomic E-state index is 5.78. The quantitative estimate of drug-likeness (QED) is 0.866. The molecular weight excluding hydrogens is 280 g/mol. The molecule has 1 aromatic carbocycles. The molecule has 4 nitrogen and oxygen atoms in total. The van der Waals surface area contributed by atoms with E-state index in [0.717, 1.165) is 27.4 Å². The van der Waals surface area contributed by atoms with Crippen molar-refractivity contribution in [2.45, 2.75) is 26.8 Å². The molecule has 0 spiro atoms. The van der Waals surface area contributed by atoms with Crippen molar-refractivity contribution in [1.82, 2.24) is 14.8 Å². The van der Waals surface area contributed by atoms with Gasteiger partial charge in [0.25, 0.3) is 0 Å². The lowest BCUT2D eigenvalue weighted by molar-refractivity contribution is 0.587. The van der Waals surface area contributed by atoms with Gasteiger partial charge in [0, 0.05) is 21.8 Å². The summed E-state index contributed by atoms with van der Waals surface area (Å²) in [5.74, 6) is 1.79. The summed E-state index contributed by atoms with van der Waals surface area (Å²) >= 11 is 3.43. The lowest BCUT2D eigenvalue weighted by Gasteiger charge is -2.12. The number of aromatic nitrogens is 3. The van der Waals surface area contributed by atoms with Crippen LogP contribution in [0.15, 0.2) is 22.7 Å². The smallest absolute Gasteiger partial charge is 0.164 e. The monoisotopic (exact) mass is 294 g/mol. The molecule has 2 aromatic rings. The summed E-state index contributed by atoms with van der Waals surface area (Å²) < 4.78 is 2.99. The van der Waals surface area contributed by atoms with Gasteiger partial charge in [0.1, 0.15) is 5.82 Å². The number of rotatable bonds is 2. The zero-order valence-electron chi connectivity index (χ0n) is 10.1. The van der Waals surface area contributed by atoms with Gasteiger partial charge in [-0.3, -0.25) is 0 Å². The molecule has 0 bridgehead atoms. The average Bonchev–Trinajstić information content (AvgIpc) is 2.64. The highest BCUT2D eigenvalue weighted by Gasteiger charge is 2.13. The predicted octanol–water partition coefficient (Wildman–Crippen LogP) is 3.18.